The van der Waals surface area contributed by atoms with Crippen molar-refractivity contribution >= 4 is 50.9 Å². The standard InChI is InChI=1S/C21H24Cl2N2O3S2/c22-18-9-8-17(20(23)13-18)15-30(27,28)25-11-4-5-16(14-25)21(26)24-10-12-29-19-6-2-1-3-7-19/h1-3,6-9,13,16H,4-5,10-12,14-15H2,(H,24,26). The van der Waals surface area contributed by atoms with Gasteiger partial charge in [-0.2, -0.15) is 0 Å². The molecule has 0 aromatic heterocycles. The molecule has 1 atom stereocenters. The Morgan fingerprint density at radius 1 is 1.17 bits per heavy atom. The van der Waals surface area contributed by atoms with Gasteiger partial charge in [-0.05, 0) is 42.7 Å². The highest BCUT2D eigenvalue weighted by Crippen LogP contribution is 2.26. The zero-order valence-corrected chi connectivity index (χ0v) is 19.5. The van der Waals surface area contributed by atoms with Crippen LogP contribution in [0.3, 0.4) is 0 Å². The van der Waals surface area contributed by atoms with Gasteiger partial charge in [0.1, 0.15) is 0 Å². The Morgan fingerprint density at radius 2 is 1.93 bits per heavy atom. The minimum atomic E-state index is -3.58. The van der Waals surface area contributed by atoms with Crippen LogP contribution in [-0.2, 0) is 20.6 Å². The summed E-state index contributed by atoms with van der Waals surface area (Å²) in [4.78, 5) is 13.7. The van der Waals surface area contributed by atoms with Crippen molar-refractivity contribution in [1.29, 1.82) is 0 Å². The van der Waals surface area contributed by atoms with Gasteiger partial charge in [0.05, 0.1) is 11.7 Å². The molecule has 30 heavy (non-hydrogen) atoms. The zero-order valence-electron chi connectivity index (χ0n) is 16.4. The molecule has 3 rings (SSSR count). The van der Waals surface area contributed by atoms with E-state index in [-0.39, 0.29) is 24.1 Å². The molecule has 0 saturated carbocycles. The van der Waals surface area contributed by atoms with E-state index in [0.29, 0.717) is 41.5 Å². The first-order chi connectivity index (χ1) is 14.3. The topological polar surface area (TPSA) is 66.5 Å². The lowest BCUT2D eigenvalue weighted by molar-refractivity contribution is -0.125. The van der Waals surface area contributed by atoms with E-state index in [1.165, 1.54) is 10.4 Å². The fourth-order valence-corrected chi connectivity index (χ4v) is 6.33. The van der Waals surface area contributed by atoms with Crippen molar-refractivity contribution in [1.82, 2.24) is 9.62 Å². The molecular weight excluding hydrogens is 463 g/mol. The van der Waals surface area contributed by atoms with Gasteiger partial charge in [0, 0.05) is 40.3 Å². The summed E-state index contributed by atoms with van der Waals surface area (Å²) >= 11 is 13.7. The summed E-state index contributed by atoms with van der Waals surface area (Å²) in [5, 5.41) is 3.73. The van der Waals surface area contributed by atoms with Gasteiger partial charge in [0.25, 0.3) is 0 Å². The number of halogens is 2. The quantitative estimate of drug-likeness (QED) is 0.442. The molecule has 1 unspecified atom stereocenters. The van der Waals surface area contributed by atoms with Crippen molar-refractivity contribution in [3.8, 4) is 0 Å². The van der Waals surface area contributed by atoms with Gasteiger partial charge in [-0.3, -0.25) is 4.79 Å². The van der Waals surface area contributed by atoms with Crippen LogP contribution in [0.5, 0.6) is 0 Å². The first-order valence-corrected chi connectivity index (χ1v) is 13.1. The molecule has 5 nitrogen and oxygen atoms in total. The molecule has 0 bridgehead atoms. The molecule has 9 heteroatoms. The highest BCUT2D eigenvalue weighted by atomic mass is 35.5. The minimum Gasteiger partial charge on any atom is -0.355 e. The molecule has 1 heterocycles. The number of piperidine rings is 1. The lowest BCUT2D eigenvalue weighted by Crippen LogP contribution is -2.46. The highest BCUT2D eigenvalue weighted by Gasteiger charge is 2.32. The number of carbonyl (C=O) groups excluding carboxylic acids is 1. The molecule has 2 aromatic rings. The maximum Gasteiger partial charge on any atom is 0.224 e. The van der Waals surface area contributed by atoms with Gasteiger partial charge in [-0.1, -0.05) is 47.5 Å². The molecule has 1 aliphatic heterocycles. The Kier molecular flexibility index (Phi) is 8.48. The number of thioether (sulfide) groups is 1. The number of amides is 1. The predicted molar refractivity (Wildman–Crippen MR) is 124 cm³/mol. The van der Waals surface area contributed by atoms with Crippen molar-refractivity contribution in [3.63, 3.8) is 0 Å². The number of rotatable bonds is 8. The van der Waals surface area contributed by atoms with E-state index in [0.717, 1.165) is 10.6 Å². The summed E-state index contributed by atoms with van der Waals surface area (Å²) < 4.78 is 27.2. The van der Waals surface area contributed by atoms with E-state index in [1.807, 2.05) is 30.3 Å². The molecule has 2 aromatic carbocycles. The molecule has 1 saturated heterocycles. The first kappa shape index (κ1) is 23.4. The smallest absolute Gasteiger partial charge is 0.224 e. The van der Waals surface area contributed by atoms with Gasteiger partial charge in [0.15, 0.2) is 0 Å². The average Bonchev–Trinajstić information content (AvgIpc) is 2.74. The molecule has 0 aliphatic carbocycles. The van der Waals surface area contributed by atoms with E-state index in [2.05, 4.69) is 5.32 Å². The van der Waals surface area contributed by atoms with E-state index < -0.39 is 10.0 Å². The number of hydrogen-bond acceptors (Lipinski definition) is 4. The minimum absolute atomic E-state index is 0.0897. The van der Waals surface area contributed by atoms with Crippen molar-refractivity contribution in [2.24, 2.45) is 5.92 Å². The second-order valence-electron chi connectivity index (χ2n) is 7.14. The van der Waals surface area contributed by atoms with Crippen LogP contribution < -0.4 is 5.32 Å². The number of carbonyl (C=O) groups is 1. The molecule has 0 spiro atoms. The summed E-state index contributed by atoms with van der Waals surface area (Å²) in [5.41, 5.74) is 0.505. The van der Waals surface area contributed by atoms with Gasteiger partial charge in [-0.15, -0.1) is 11.8 Å². The molecule has 1 aliphatic rings. The van der Waals surface area contributed by atoms with E-state index in [4.69, 9.17) is 23.2 Å². The largest absolute Gasteiger partial charge is 0.355 e. The first-order valence-electron chi connectivity index (χ1n) is 9.72. The molecular formula is C21H24Cl2N2O3S2. The molecule has 162 valence electrons. The number of nitrogens with one attached hydrogen (secondary N) is 1. The third kappa shape index (κ3) is 6.62. The van der Waals surface area contributed by atoms with Crippen LogP contribution in [0.25, 0.3) is 0 Å². The van der Waals surface area contributed by atoms with Crippen LogP contribution in [0.4, 0.5) is 0 Å². The number of sulfonamides is 1. The SMILES string of the molecule is O=C(NCCSc1ccccc1)C1CCCN(S(=O)(=O)Cc2ccc(Cl)cc2Cl)C1. The van der Waals surface area contributed by atoms with E-state index in [9.17, 15) is 13.2 Å². The van der Waals surface area contributed by atoms with Crippen LogP contribution in [0.1, 0.15) is 18.4 Å². The molecule has 1 N–H and O–H groups in total. The van der Waals surface area contributed by atoms with Crippen molar-refractivity contribution in [3.05, 3.63) is 64.1 Å². The maximum absolute atomic E-state index is 12.9. The number of hydrogen-bond donors (Lipinski definition) is 1. The van der Waals surface area contributed by atoms with E-state index in [1.54, 1.807) is 23.9 Å². The summed E-state index contributed by atoms with van der Waals surface area (Å²) in [6.45, 7) is 1.16. The third-order valence-electron chi connectivity index (χ3n) is 4.91. The Hall–Kier alpha value is -1.25. The lowest BCUT2D eigenvalue weighted by Gasteiger charge is -2.31. The fraction of sp³-hybridized carbons (Fsp3) is 0.381. The van der Waals surface area contributed by atoms with Gasteiger partial charge in [-0.25, -0.2) is 12.7 Å². The number of nitrogens with zero attached hydrogens (tertiary/aromatic N) is 1. The summed E-state index contributed by atoms with van der Waals surface area (Å²) in [7, 11) is -3.58. The summed E-state index contributed by atoms with van der Waals surface area (Å²) in [6, 6.07) is 14.8. The molecule has 1 amide bonds. The fourth-order valence-electron chi connectivity index (χ4n) is 3.34. The summed E-state index contributed by atoms with van der Waals surface area (Å²) in [6.07, 6.45) is 1.34. The Labute approximate surface area is 192 Å². The van der Waals surface area contributed by atoms with Gasteiger partial charge in [0.2, 0.25) is 15.9 Å². The van der Waals surface area contributed by atoms with Crippen LogP contribution in [0.2, 0.25) is 10.0 Å². The van der Waals surface area contributed by atoms with Gasteiger partial charge >= 0.3 is 0 Å². The van der Waals surface area contributed by atoms with Crippen LogP contribution in [-0.4, -0.2) is 44.0 Å². The monoisotopic (exact) mass is 486 g/mol. The van der Waals surface area contributed by atoms with Crippen LogP contribution in [0, 0.1) is 5.92 Å². The van der Waals surface area contributed by atoms with Crippen LogP contribution in [0.15, 0.2) is 53.4 Å². The van der Waals surface area contributed by atoms with Crippen molar-refractivity contribution < 1.29 is 13.2 Å². The van der Waals surface area contributed by atoms with Crippen LogP contribution >= 0.6 is 35.0 Å². The zero-order chi connectivity index (χ0) is 21.6. The Bertz CT molecular complexity index is 971. The third-order valence-corrected chi connectivity index (χ3v) is 8.31. The van der Waals surface area contributed by atoms with E-state index >= 15 is 0 Å². The van der Waals surface area contributed by atoms with Crippen molar-refractivity contribution in [2.75, 3.05) is 25.4 Å². The average molecular weight is 487 g/mol. The Balaban J connectivity index is 1.51. The molecule has 1 fully saturated rings. The van der Waals surface area contributed by atoms with Crippen molar-refractivity contribution in [2.45, 2.75) is 23.5 Å². The Morgan fingerprint density at radius 3 is 2.67 bits per heavy atom. The normalized spacial score (nSPS) is 17.6. The number of benzene rings is 2. The summed E-state index contributed by atoms with van der Waals surface area (Å²) in [5.74, 6) is 0.133. The second kappa shape index (κ2) is 10.9. The highest BCUT2D eigenvalue weighted by molar-refractivity contribution is 7.99. The second-order valence-corrected chi connectivity index (χ2v) is 11.1. The predicted octanol–water partition coefficient (Wildman–Crippen LogP) is 4.44. The van der Waals surface area contributed by atoms with Gasteiger partial charge < -0.3 is 5.32 Å². The molecule has 0 radical (unpaired) electrons. The lowest BCUT2D eigenvalue weighted by atomic mass is 9.99. The maximum atomic E-state index is 12.9.